The molecule has 0 fully saturated rings. The van der Waals surface area contributed by atoms with E-state index in [4.69, 9.17) is 0 Å². The Kier molecular flexibility index (Phi) is 5.45. The standard InChI is InChI=1S/C18H22N6S/c1-13-8-14(2)24(23-13)17-5-4-15(9-20-17)10-21-18(19-3)22-11-16-6-7-25-12-16/h4-9,12H,10-11H2,1-3H3,(H2,19,21,22). The molecule has 0 aliphatic rings. The molecule has 25 heavy (non-hydrogen) atoms. The molecule has 7 heteroatoms. The van der Waals surface area contributed by atoms with E-state index in [2.05, 4.69) is 48.6 Å². The maximum Gasteiger partial charge on any atom is 0.191 e. The number of rotatable bonds is 5. The van der Waals surface area contributed by atoms with Crippen LogP contribution in [0.25, 0.3) is 5.82 Å². The Labute approximate surface area is 151 Å². The van der Waals surface area contributed by atoms with Gasteiger partial charge in [0.2, 0.25) is 0 Å². The molecule has 0 aromatic carbocycles. The maximum atomic E-state index is 4.52. The van der Waals surface area contributed by atoms with Gasteiger partial charge < -0.3 is 10.6 Å². The molecule has 0 bridgehead atoms. The third kappa shape index (κ3) is 4.45. The largest absolute Gasteiger partial charge is 0.352 e. The number of guanidine groups is 1. The smallest absolute Gasteiger partial charge is 0.191 e. The predicted molar refractivity (Wildman–Crippen MR) is 102 cm³/mol. The van der Waals surface area contributed by atoms with Crippen LogP contribution >= 0.6 is 11.3 Å². The van der Waals surface area contributed by atoms with Gasteiger partial charge in [-0.05, 0) is 53.9 Å². The molecule has 2 N–H and O–H groups in total. The van der Waals surface area contributed by atoms with Crippen LogP contribution in [0.5, 0.6) is 0 Å². The normalized spacial score (nSPS) is 11.6. The van der Waals surface area contributed by atoms with Crippen LogP contribution in [0, 0.1) is 13.8 Å². The van der Waals surface area contributed by atoms with Gasteiger partial charge in [0, 0.05) is 32.0 Å². The predicted octanol–water partition coefficient (Wildman–Crippen LogP) is 2.81. The molecule has 0 aliphatic heterocycles. The van der Waals surface area contributed by atoms with Crippen molar-refractivity contribution >= 4 is 17.3 Å². The van der Waals surface area contributed by atoms with Gasteiger partial charge in [-0.3, -0.25) is 4.99 Å². The van der Waals surface area contributed by atoms with E-state index in [9.17, 15) is 0 Å². The molecule has 0 saturated heterocycles. The third-order valence-electron chi connectivity index (χ3n) is 3.76. The van der Waals surface area contributed by atoms with E-state index < -0.39 is 0 Å². The summed E-state index contributed by atoms with van der Waals surface area (Å²) in [5, 5.41) is 15.3. The van der Waals surface area contributed by atoms with Crippen LogP contribution in [-0.4, -0.2) is 27.8 Å². The average molecular weight is 354 g/mol. The number of aromatic nitrogens is 3. The molecule has 3 aromatic rings. The minimum Gasteiger partial charge on any atom is -0.352 e. The molecule has 0 atom stereocenters. The highest BCUT2D eigenvalue weighted by Crippen LogP contribution is 2.10. The van der Waals surface area contributed by atoms with Crippen molar-refractivity contribution in [3.05, 3.63) is 63.7 Å². The zero-order valence-electron chi connectivity index (χ0n) is 14.7. The molecule has 3 heterocycles. The summed E-state index contributed by atoms with van der Waals surface area (Å²) in [6.07, 6.45) is 1.87. The molecule has 3 aromatic heterocycles. The Morgan fingerprint density at radius 1 is 1.16 bits per heavy atom. The van der Waals surface area contributed by atoms with Crippen molar-refractivity contribution in [1.29, 1.82) is 0 Å². The highest BCUT2D eigenvalue weighted by molar-refractivity contribution is 7.07. The summed E-state index contributed by atoms with van der Waals surface area (Å²) in [6.45, 7) is 5.43. The van der Waals surface area contributed by atoms with Crippen molar-refractivity contribution in [2.24, 2.45) is 4.99 Å². The molecule has 0 radical (unpaired) electrons. The van der Waals surface area contributed by atoms with Crippen molar-refractivity contribution in [3.8, 4) is 5.82 Å². The van der Waals surface area contributed by atoms with E-state index in [-0.39, 0.29) is 0 Å². The van der Waals surface area contributed by atoms with E-state index in [1.165, 1.54) is 5.56 Å². The number of thiophene rings is 1. The summed E-state index contributed by atoms with van der Waals surface area (Å²) in [7, 11) is 1.77. The fraction of sp³-hybridized carbons (Fsp3) is 0.278. The lowest BCUT2D eigenvalue weighted by Gasteiger charge is -2.11. The second-order valence-electron chi connectivity index (χ2n) is 5.77. The van der Waals surface area contributed by atoms with Gasteiger partial charge >= 0.3 is 0 Å². The number of aliphatic imine (C=N–C) groups is 1. The molecule has 0 unspecified atom stereocenters. The molecule has 0 saturated carbocycles. The number of pyridine rings is 1. The molecule has 3 rings (SSSR count). The lowest BCUT2D eigenvalue weighted by atomic mass is 10.3. The summed E-state index contributed by atoms with van der Waals surface area (Å²) in [6, 6.07) is 8.18. The monoisotopic (exact) mass is 354 g/mol. The van der Waals surface area contributed by atoms with Gasteiger partial charge in [0.15, 0.2) is 11.8 Å². The van der Waals surface area contributed by atoms with E-state index in [1.54, 1.807) is 18.4 Å². The lowest BCUT2D eigenvalue weighted by Crippen LogP contribution is -2.36. The first-order valence-corrected chi connectivity index (χ1v) is 9.04. The Morgan fingerprint density at radius 3 is 2.52 bits per heavy atom. The molecular formula is C18H22N6S. The van der Waals surface area contributed by atoms with Gasteiger partial charge in [0.25, 0.3) is 0 Å². The summed E-state index contributed by atoms with van der Waals surface area (Å²) < 4.78 is 1.86. The van der Waals surface area contributed by atoms with Gasteiger partial charge in [-0.1, -0.05) is 6.07 Å². The fourth-order valence-electron chi connectivity index (χ4n) is 2.49. The highest BCUT2D eigenvalue weighted by Gasteiger charge is 2.05. The van der Waals surface area contributed by atoms with Gasteiger partial charge in [-0.2, -0.15) is 16.4 Å². The number of aryl methyl sites for hydroxylation is 2. The van der Waals surface area contributed by atoms with Gasteiger partial charge in [0.05, 0.1) is 5.69 Å². The second kappa shape index (κ2) is 7.94. The first-order valence-electron chi connectivity index (χ1n) is 8.10. The van der Waals surface area contributed by atoms with Crippen molar-refractivity contribution < 1.29 is 0 Å². The summed E-state index contributed by atoms with van der Waals surface area (Å²) in [5.74, 6) is 1.60. The first kappa shape index (κ1) is 17.2. The summed E-state index contributed by atoms with van der Waals surface area (Å²) in [4.78, 5) is 8.76. The van der Waals surface area contributed by atoms with Gasteiger partial charge in [-0.25, -0.2) is 9.67 Å². The maximum absolute atomic E-state index is 4.52. The van der Waals surface area contributed by atoms with Crippen molar-refractivity contribution in [2.45, 2.75) is 26.9 Å². The molecule has 0 amide bonds. The average Bonchev–Trinajstić information content (AvgIpc) is 3.25. The van der Waals surface area contributed by atoms with Crippen LogP contribution in [0.1, 0.15) is 22.5 Å². The van der Waals surface area contributed by atoms with Crippen LogP contribution in [0.2, 0.25) is 0 Å². The van der Waals surface area contributed by atoms with Crippen LogP contribution in [-0.2, 0) is 13.1 Å². The van der Waals surface area contributed by atoms with E-state index in [0.717, 1.165) is 35.3 Å². The van der Waals surface area contributed by atoms with Crippen molar-refractivity contribution in [1.82, 2.24) is 25.4 Å². The van der Waals surface area contributed by atoms with Crippen LogP contribution in [0.15, 0.2) is 46.2 Å². The van der Waals surface area contributed by atoms with Crippen molar-refractivity contribution in [3.63, 3.8) is 0 Å². The minimum absolute atomic E-state index is 0.660. The van der Waals surface area contributed by atoms with Gasteiger partial charge in [0.1, 0.15) is 0 Å². The van der Waals surface area contributed by atoms with Crippen LogP contribution in [0.3, 0.4) is 0 Å². The van der Waals surface area contributed by atoms with E-state index in [0.29, 0.717) is 6.54 Å². The lowest BCUT2D eigenvalue weighted by molar-refractivity contribution is 0.790. The van der Waals surface area contributed by atoms with E-state index >= 15 is 0 Å². The molecule has 0 spiro atoms. The van der Waals surface area contributed by atoms with Crippen LogP contribution < -0.4 is 10.6 Å². The Morgan fingerprint density at radius 2 is 1.96 bits per heavy atom. The molecule has 6 nitrogen and oxygen atoms in total. The zero-order chi connectivity index (χ0) is 17.6. The number of nitrogens with one attached hydrogen (secondary N) is 2. The minimum atomic E-state index is 0.660. The highest BCUT2D eigenvalue weighted by atomic mass is 32.1. The third-order valence-corrected chi connectivity index (χ3v) is 4.49. The first-order chi connectivity index (χ1) is 12.2. The van der Waals surface area contributed by atoms with Crippen molar-refractivity contribution in [2.75, 3.05) is 7.05 Å². The van der Waals surface area contributed by atoms with Crippen LogP contribution in [0.4, 0.5) is 0 Å². The fourth-order valence-corrected chi connectivity index (χ4v) is 3.16. The molecule has 0 aliphatic carbocycles. The summed E-state index contributed by atoms with van der Waals surface area (Å²) >= 11 is 1.70. The number of hydrogen-bond acceptors (Lipinski definition) is 4. The van der Waals surface area contributed by atoms with E-state index in [1.807, 2.05) is 36.9 Å². The Hall–Kier alpha value is -2.67. The summed E-state index contributed by atoms with van der Waals surface area (Å²) in [5.41, 5.74) is 4.41. The quantitative estimate of drug-likeness (QED) is 0.546. The molecular weight excluding hydrogens is 332 g/mol. The topological polar surface area (TPSA) is 67.1 Å². The Balaban J connectivity index is 1.56. The zero-order valence-corrected chi connectivity index (χ0v) is 15.5. The Bertz CT molecular complexity index is 833. The molecule has 130 valence electrons. The number of nitrogens with zero attached hydrogens (tertiary/aromatic N) is 4. The second-order valence-corrected chi connectivity index (χ2v) is 6.55. The SMILES string of the molecule is CN=C(NCc1ccc(-n2nc(C)cc2C)nc1)NCc1ccsc1. The van der Waals surface area contributed by atoms with Gasteiger partial charge in [-0.15, -0.1) is 0 Å². The number of hydrogen-bond donors (Lipinski definition) is 2.